The molecule has 0 saturated carbocycles. The Labute approximate surface area is 77.9 Å². The molecule has 1 N–H and O–H groups in total. The lowest BCUT2D eigenvalue weighted by Gasteiger charge is -2.28. The maximum absolute atomic E-state index is 11.5. The highest BCUT2D eigenvalue weighted by molar-refractivity contribution is 7.92. The fraction of sp³-hybridized carbons (Fsp3) is 0.875. The second kappa shape index (κ2) is 3.29. The van der Waals surface area contributed by atoms with E-state index in [1.807, 2.05) is 0 Å². The van der Waals surface area contributed by atoms with E-state index in [2.05, 4.69) is 0 Å². The average Bonchev–Trinajstić information content (AvgIpc) is 2.00. The molecule has 0 radical (unpaired) electrons. The fourth-order valence-corrected chi connectivity index (χ4v) is 3.56. The highest BCUT2D eigenvalue weighted by Gasteiger charge is 2.39. The van der Waals surface area contributed by atoms with Crippen molar-refractivity contribution in [3.63, 3.8) is 0 Å². The molecular formula is C8H14O4S. The molecule has 0 spiro atoms. The van der Waals surface area contributed by atoms with Crippen LogP contribution in [0.2, 0.25) is 0 Å². The highest BCUT2D eigenvalue weighted by atomic mass is 32.2. The van der Waals surface area contributed by atoms with Crippen molar-refractivity contribution < 1.29 is 18.3 Å². The van der Waals surface area contributed by atoms with E-state index in [-0.39, 0.29) is 12.8 Å². The molecule has 1 heterocycles. The number of rotatable bonds is 1. The number of carboxylic acids is 1. The second-order valence-electron chi connectivity index (χ2n) is 3.72. The van der Waals surface area contributed by atoms with Gasteiger partial charge >= 0.3 is 5.97 Å². The largest absolute Gasteiger partial charge is 0.481 e. The summed E-state index contributed by atoms with van der Waals surface area (Å²) >= 11 is 0. The lowest BCUT2D eigenvalue weighted by atomic mass is 9.97. The van der Waals surface area contributed by atoms with Crippen molar-refractivity contribution in [2.24, 2.45) is 5.92 Å². The van der Waals surface area contributed by atoms with Crippen LogP contribution in [0.3, 0.4) is 0 Å². The summed E-state index contributed by atoms with van der Waals surface area (Å²) in [5.74, 6) is -1.37. The first kappa shape index (κ1) is 10.5. The van der Waals surface area contributed by atoms with Gasteiger partial charge < -0.3 is 5.11 Å². The Morgan fingerprint density at radius 2 is 1.62 bits per heavy atom. The van der Waals surface area contributed by atoms with Gasteiger partial charge in [-0.05, 0) is 26.7 Å². The Hall–Kier alpha value is -0.580. The molecule has 3 atom stereocenters. The molecule has 1 saturated heterocycles. The summed E-state index contributed by atoms with van der Waals surface area (Å²) in [4.78, 5) is 10.7. The number of hydrogen-bond acceptors (Lipinski definition) is 3. The summed E-state index contributed by atoms with van der Waals surface area (Å²) < 4.78 is 23.0. The van der Waals surface area contributed by atoms with Crippen LogP contribution < -0.4 is 0 Å². The molecule has 0 aromatic heterocycles. The molecule has 1 fully saturated rings. The lowest BCUT2D eigenvalue weighted by molar-refractivity contribution is -0.142. The van der Waals surface area contributed by atoms with Crippen LogP contribution in [-0.2, 0) is 14.6 Å². The summed E-state index contributed by atoms with van der Waals surface area (Å²) in [6.07, 6.45) is 0.504. The predicted octanol–water partition coefficient (Wildman–Crippen LogP) is 0.673. The number of sulfone groups is 1. The predicted molar refractivity (Wildman–Crippen MR) is 48.2 cm³/mol. The van der Waals surface area contributed by atoms with Gasteiger partial charge in [0.1, 0.15) is 0 Å². The third-order valence-electron chi connectivity index (χ3n) is 2.70. The van der Waals surface area contributed by atoms with E-state index in [1.54, 1.807) is 13.8 Å². The van der Waals surface area contributed by atoms with Crippen molar-refractivity contribution in [2.45, 2.75) is 37.2 Å². The van der Waals surface area contributed by atoms with E-state index in [0.29, 0.717) is 0 Å². The minimum atomic E-state index is -3.07. The first-order chi connectivity index (χ1) is 5.85. The van der Waals surface area contributed by atoms with Crippen LogP contribution in [0.25, 0.3) is 0 Å². The van der Waals surface area contributed by atoms with Crippen LogP contribution in [0.4, 0.5) is 0 Å². The topological polar surface area (TPSA) is 71.4 Å². The SMILES string of the molecule is C[C@@H]1C[C@H](C(=O)O)C[C@H](C)S1(=O)=O. The Bertz CT molecular complexity index is 288. The Kier molecular flexibility index (Phi) is 2.66. The van der Waals surface area contributed by atoms with Crippen molar-refractivity contribution in [1.29, 1.82) is 0 Å². The zero-order chi connectivity index (χ0) is 10.2. The van der Waals surface area contributed by atoms with Crippen molar-refractivity contribution in [3.05, 3.63) is 0 Å². The monoisotopic (exact) mass is 206 g/mol. The summed E-state index contributed by atoms with van der Waals surface area (Å²) in [5, 5.41) is 7.72. The van der Waals surface area contributed by atoms with Crippen molar-refractivity contribution in [1.82, 2.24) is 0 Å². The average molecular weight is 206 g/mol. The molecule has 4 nitrogen and oxygen atoms in total. The van der Waals surface area contributed by atoms with E-state index in [9.17, 15) is 13.2 Å². The maximum atomic E-state index is 11.5. The van der Waals surface area contributed by atoms with E-state index >= 15 is 0 Å². The molecule has 1 aliphatic rings. The quantitative estimate of drug-likeness (QED) is 0.684. The van der Waals surface area contributed by atoms with E-state index in [0.717, 1.165) is 0 Å². The normalized spacial score (nSPS) is 38.5. The molecule has 5 heteroatoms. The van der Waals surface area contributed by atoms with Crippen LogP contribution in [0.1, 0.15) is 26.7 Å². The van der Waals surface area contributed by atoms with Gasteiger partial charge in [0.15, 0.2) is 9.84 Å². The first-order valence-electron chi connectivity index (χ1n) is 4.31. The van der Waals surface area contributed by atoms with E-state index in [1.165, 1.54) is 0 Å². The molecule has 13 heavy (non-hydrogen) atoms. The fourth-order valence-electron chi connectivity index (χ4n) is 1.76. The van der Waals surface area contributed by atoms with Crippen LogP contribution in [0, 0.1) is 5.92 Å². The van der Waals surface area contributed by atoms with Gasteiger partial charge in [-0.3, -0.25) is 4.79 Å². The third kappa shape index (κ3) is 1.85. The molecule has 1 aliphatic heterocycles. The Balaban J connectivity index is 2.85. The van der Waals surface area contributed by atoms with Crippen molar-refractivity contribution in [2.75, 3.05) is 0 Å². The van der Waals surface area contributed by atoms with Gasteiger partial charge in [0, 0.05) is 0 Å². The molecule has 0 bridgehead atoms. The molecular weight excluding hydrogens is 192 g/mol. The molecule has 0 aromatic carbocycles. The van der Waals surface area contributed by atoms with Gasteiger partial charge in [0.05, 0.1) is 16.4 Å². The van der Waals surface area contributed by atoms with Gasteiger partial charge in [-0.2, -0.15) is 0 Å². The number of carbonyl (C=O) groups is 1. The third-order valence-corrected chi connectivity index (χ3v) is 5.33. The van der Waals surface area contributed by atoms with Crippen molar-refractivity contribution >= 4 is 15.8 Å². The molecule has 76 valence electrons. The van der Waals surface area contributed by atoms with Crippen LogP contribution in [0.15, 0.2) is 0 Å². The molecule has 1 rings (SSSR count). The molecule has 0 unspecified atom stereocenters. The Morgan fingerprint density at radius 1 is 1.23 bits per heavy atom. The lowest BCUT2D eigenvalue weighted by Crippen LogP contribution is -2.39. The summed E-state index contributed by atoms with van der Waals surface area (Å²) in [6.45, 7) is 3.17. The molecule has 0 aliphatic carbocycles. The zero-order valence-corrected chi connectivity index (χ0v) is 8.54. The summed E-state index contributed by atoms with van der Waals surface area (Å²) in [6, 6.07) is 0. The molecule has 0 aromatic rings. The van der Waals surface area contributed by atoms with Gasteiger partial charge in [-0.1, -0.05) is 0 Å². The first-order valence-corrected chi connectivity index (χ1v) is 5.92. The number of hydrogen-bond donors (Lipinski definition) is 1. The van der Waals surface area contributed by atoms with E-state index < -0.39 is 32.2 Å². The molecule has 0 amide bonds. The smallest absolute Gasteiger partial charge is 0.306 e. The number of aliphatic carboxylic acids is 1. The van der Waals surface area contributed by atoms with Crippen molar-refractivity contribution in [3.8, 4) is 0 Å². The van der Waals surface area contributed by atoms with Gasteiger partial charge in [0.2, 0.25) is 0 Å². The van der Waals surface area contributed by atoms with Gasteiger partial charge in [-0.25, -0.2) is 8.42 Å². The van der Waals surface area contributed by atoms with E-state index in [4.69, 9.17) is 5.11 Å². The maximum Gasteiger partial charge on any atom is 0.306 e. The second-order valence-corrected chi connectivity index (χ2v) is 6.50. The standard InChI is InChI=1S/C8H14O4S/c1-5-3-7(8(9)10)4-6(2)13(5,11)12/h5-7H,3-4H2,1-2H3,(H,9,10)/t5-,6+,7+. The minimum absolute atomic E-state index is 0.252. The Morgan fingerprint density at radius 3 is 1.92 bits per heavy atom. The number of carboxylic acid groups (broad SMARTS) is 1. The highest BCUT2D eigenvalue weighted by Crippen LogP contribution is 2.29. The zero-order valence-electron chi connectivity index (χ0n) is 7.73. The van der Waals surface area contributed by atoms with Gasteiger partial charge in [0.25, 0.3) is 0 Å². The van der Waals surface area contributed by atoms with Crippen LogP contribution >= 0.6 is 0 Å². The summed E-state index contributed by atoms with van der Waals surface area (Å²) in [7, 11) is -3.07. The minimum Gasteiger partial charge on any atom is -0.481 e. The van der Waals surface area contributed by atoms with Crippen LogP contribution in [0.5, 0.6) is 0 Å². The summed E-state index contributed by atoms with van der Waals surface area (Å²) in [5.41, 5.74) is 0. The van der Waals surface area contributed by atoms with Crippen LogP contribution in [-0.4, -0.2) is 30.0 Å². The van der Waals surface area contributed by atoms with Gasteiger partial charge in [-0.15, -0.1) is 0 Å².